The van der Waals surface area contributed by atoms with Gasteiger partial charge in [-0.1, -0.05) is 0 Å². The second kappa shape index (κ2) is 5.18. The van der Waals surface area contributed by atoms with Crippen LogP contribution < -0.4 is 5.32 Å². The van der Waals surface area contributed by atoms with E-state index in [1.165, 1.54) is 0 Å². The fourth-order valence-electron chi connectivity index (χ4n) is 1.80. The molecule has 94 valence electrons. The molecule has 0 aliphatic carbocycles. The Kier molecular flexibility index (Phi) is 3.63. The summed E-state index contributed by atoms with van der Waals surface area (Å²) in [5.41, 5.74) is 0. The van der Waals surface area contributed by atoms with Crippen LogP contribution in [0.1, 0.15) is 13.3 Å². The first-order valence-corrected chi connectivity index (χ1v) is 5.68. The molecule has 0 amide bonds. The average Bonchev–Trinajstić information content (AvgIpc) is 2.84. The van der Waals surface area contributed by atoms with Crippen molar-refractivity contribution >= 4 is 11.8 Å². The van der Waals surface area contributed by atoms with Crippen LogP contribution >= 0.6 is 0 Å². The number of rotatable bonds is 5. The van der Waals surface area contributed by atoms with Crippen molar-refractivity contribution in [2.45, 2.75) is 32.0 Å². The number of anilines is 1. The number of esters is 1. The Morgan fingerprint density at radius 2 is 2.53 bits per heavy atom. The molecule has 0 bridgehead atoms. The van der Waals surface area contributed by atoms with Gasteiger partial charge in [-0.15, -0.1) is 0 Å². The van der Waals surface area contributed by atoms with Gasteiger partial charge in [0.1, 0.15) is 18.0 Å². The zero-order valence-corrected chi connectivity index (χ0v) is 10.0. The molecule has 0 spiro atoms. The molecule has 1 aliphatic heterocycles. The topological polar surface area (TPSA) is 65.4 Å². The summed E-state index contributed by atoms with van der Waals surface area (Å²) in [6.45, 7) is 3.20. The normalized spacial score (nSPS) is 23.8. The Balaban J connectivity index is 1.90. The molecule has 17 heavy (non-hydrogen) atoms. The molecule has 1 fully saturated rings. The zero-order chi connectivity index (χ0) is 12.3. The molecule has 1 saturated heterocycles. The van der Waals surface area contributed by atoms with Gasteiger partial charge in [-0.05, 0) is 6.92 Å². The van der Waals surface area contributed by atoms with Gasteiger partial charge in [0.05, 0.1) is 13.2 Å². The fourth-order valence-corrected chi connectivity index (χ4v) is 1.80. The van der Waals surface area contributed by atoms with E-state index >= 15 is 0 Å². The standard InChI is InChI=1S/C11H17N3O3/c1-8-7-9(11(15)17-8)12-10-3-4-14(13-10)5-6-16-2/h3-4,8-9H,5-7H2,1-2H3,(H,12,13)/t8-,9-/m1/s1. The minimum Gasteiger partial charge on any atom is -0.461 e. The lowest BCUT2D eigenvalue weighted by Crippen LogP contribution is -2.24. The second-order valence-corrected chi connectivity index (χ2v) is 4.14. The van der Waals surface area contributed by atoms with Gasteiger partial charge >= 0.3 is 5.97 Å². The number of hydrogen-bond acceptors (Lipinski definition) is 5. The van der Waals surface area contributed by atoms with Crippen molar-refractivity contribution < 1.29 is 14.3 Å². The van der Waals surface area contributed by atoms with Crippen molar-refractivity contribution in [3.63, 3.8) is 0 Å². The van der Waals surface area contributed by atoms with E-state index < -0.39 is 0 Å². The summed E-state index contributed by atoms with van der Waals surface area (Å²) in [6.07, 6.45) is 2.52. The molecule has 1 aromatic heterocycles. The van der Waals surface area contributed by atoms with Crippen LogP contribution in [0.2, 0.25) is 0 Å². The summed E-state index contributed by atoms with van der Waals surface area (Å²) in [4.78, 5) is 11.4. The van der Waals surface area contributed by atoms with Gasteiger partial charge in [-0.2, -0.15) is 5.10 Å². The predicted octanol–water partition coefficient (Wildman–Crippen LogP) is 0.645. The third-order valence-corrected chi connectivity index (χ3v) is 2.66. The summed E-state index contributed by atoms with van der Waals surface area (Å²) in [5.74, 6) is 0.487. The van der Waals surface area contributed by atoms with Crippen LogP contribution in [-0.4, -0.2) is 41.6 Å². The lowest BCUT2D eigenvalue weighted by Gasteiger charge is -2.06. The van der Waals surface area contributed by atoms with Crippen LogP contribution in [-0.2, 0) is 20.8 Å². The van der Waals surface area contributed by atoms with Gasteiger partial charge in [0, 0.05) is 25.8 Å². The summed E-state index contributed by atoms with van der Waals surface area (Å²) in [5, 5.41) is 7.36. The monoisotopic (exact) mass is 239 g/mol. The van der Waals surface area contributed by atoms with E-state index in [4.69, 9.17) is 9.47 Å². The lowest BCUT2D eigenvalue weighted by molar-refractivity contribution is -0.141. The highest BCUT2D eigenvalue weighted by molar-refractivity contribution is 5.80. The number of carbonyl (C=O) groups is 1. The highest BCUT2D eigenvalue weighted by Crippen LogP contribution is 2.17. The number of aromatic nitrogens is 2. The Labute approximate surface area is 99.9 Å². The Bertz CT molecular complexity index is 391. The minimum atomic E-state index is -0.282. The van der Waals surface area contributed by atoms with Crippen LogP contribution in [0.5, 0.6) is 0 Å². The average molecular weight is 239 g/mol. The highest BCUT2D eigenvalue weighted by Gasteiger charge is 2.31. The highest BCUT2D eigenvalue weighted by atomic mass is 16.6. The van der Waals surface area contributed by atoms with E-state index in [1.54, 1.807) is 11.8 Å². The van der Waals surface area contributed by atoms with Crippen molar-refractivity contribution in [3.8, 4) is 0 Å². The molecule has 2 heterocycles. The maximum absolute atomic E-state index is 11.4. The molecular weight excluding hydrogens is 222 g/mol. The van der Waals surface area contributed by atoms with Crippen molar-refractivity contribution in [2.24, 2.45) is 0 Å². The van der Waals surface area contributed by atoms with Crippen molar-refractivity contribution in [1.82, 2.24) is 9.78 Å². The molecule has 2 atom stereocenters. The number of methoxy groups -OCH3 is 1. The van der Waals surface area contributed by atoms with E-state index in [2.05, 4.69) is 10.4 Å². The first kappa shape index (κ1) is 11.9. The van der Waals surface area contributed by atoms with Crippen LogP contribution in [0.4, 0.5) is 5.82 Å². The smallest absolute Gasteiger partial charge is 0.329 e. The number of hydrogen-bond donors (Lipinski definition) is 1. The predicted molar refractivity (Wildman–Crippen MR) is 61.7 cm³/mol. The van der Waals surface area contributed by atoms with Crippen molar-refractivity contribution in [1.29, 1.82) is 0 Å². The number of carbonyl (C=O) groups excluding carboxylic acids is 1. The van der Waals surface area contributed by atoms with Crippen LogP contribution in [0.15, 0.2) is 12.3 Å². The first-order valence-electron chi connectivity index (χ1n) is 5.68. The van der Waals surface area contributed by atoms with Gasteiger partial charge in [-0.3, -0.25) is 4.68 Å². The molecule has 0 saturated carbocycles. The van der Waals surface area contributed by atoms with Gasteiger partial charge in [0.2, 0.25) is 0 Å². The van der Waals surface area contributed by atoms with Crippen LogP contribution in [0.3, 0.4) is 0 Å². The minimum absolute atomic E-state index is 0.0180. The third kappa shape index (κ3) is 2.97. The van der Waals surface area contributed by atoms with E-state index in [1.807, 2.05) is 19.2 Å². The number of nitrogens with zero attached hydrogens (tertiary/aromatic N) is 2. The fraction of sp³-hybridized carbons (Fsp3) is 0.636. The molecule has 0 radical (unpaired) electrons. The quantitative estimate of drug-likeness (QED) is 0.764. The van der Waals surface area contributed by atoms with Crippen LogP contribution in [0.25, 0.3) is 0 Å². The molecule has 6 nitrogen and oxygen atoms in total. The number of ether oxygens (including phenoxy) is 2. The SMILES string of the molecule is COCCn1ccc(N[C@@H]2C[C@@H](C)OC2=O)n1. The molecule has 6 heteroatoms. The Morgan fingerprint density at radius 3 is 3.18 bits per heavy atom. The molecule has 0 aromatic carbocycles. The Hall–Kier alpha value is -1.56. The van der Waals surface area contributed by atoms with Gasteiger partial charge in [-0.25, -0.2) is 4.79 Å². The van der Waals surface area contributed by atoms with Gasteiger partial charge in [0.15, 0.2) is 0 Å². The molecular formula is C11H17N3O3. The zero-order valence-electron chi connectivity index (χ0n) is 10.0. The third-order valence-electron chi connectivity index (χ3n) is 2.66. The molecule has 1 N–H and O–H groups in total. The van der Waals surface area contributed by atoms with Gasteiger partial charge in [0.25, 0.3) is 0 Å². The lowest BCUT2D eigenvalue weighted by atomic mass is 10.2. The maximum Gasteiger partial charge on any atom is 0.329 e. The van der Waals surface area contributed by atoms with Gasteiger partial charge < -0.3 is 14.8 Å². The molecule has 0 unspecified atom stereocenters. The summed E-state index contributed by atoms with van der Waals surface area (Å²) in [7, 11) is 1.65. The van der Waals surface area contributed by atoms with E-state index in [-0.39, 0.29) is 18.1 Å². The summed E-state index contributed by atoms with van der Waals surface area (Å²) < 4.78 is 11.8. The number of cyclic esters (lactones) is 1. The first-order chi connectivity index (χ1) is 8.19. The molecule has 1 aromatic rings. The largest absolute Gasteiger partial charge is 0.461 e. The Morgan fingerprint density at radius 1 is 1.71 bits per heavy atom. The van der Waals surface area contributed by atoms with E-state index in [0.717, 1.165) is 0 Å². The van der Waals surface area contributed by atoms with Crippen molar-refractivity contribution in [2.75, 3.05) is 19.0 Å². The van der Waals surface area contributed by atoms with E-state index in [0.29, 0.717) is 25.4 Å². The van der Waals surface area contributed by atoms with E-state index in [9.17, 15) is 4.79 Å². The molecule has 2 rings (SSSR count). The van der Waals surface area contributed by atoms with Crippen molar-refractivity contribution in [3.05, 3.63) is 12.3 Å². The molecule has 1 aliphatic rings. The maximum atomic E-state index is 11.4. The summed E-state index contributed by atoms with van der Waals surface area (Å²) >= 11 is 0. The number of nitrogens with one attached hydrogen (secondary N) is 1. The van der Waals surface area contributed by atoms with Crippen LogP contribution in [0, 0.1) is 0 Å². The second-order valence-electron chi connectivity index (χ2n) is 4.14. The summed E-state index contributed by atoms with van der Waals surface area (Å²) in [6, 6.07) is 1.56.